The molecule has 0 atom stereocenters. The average Bonchev–Trinajstić information content (AvgIpc) is 3.12. The Morgan fingerprint density at radius 1 is 0.909 bits per heavy atom. The van der Waals surface area contributed by atoms with E-state index in [9.17, 15) is 13.2 Å². The molecule has 0 aliphatic rings. The van der Waals surface area contributed by atoms with E-state index in [2.05, 4.69) is 30.6 Å². The number of nitrogens with zero attached hydrogens (tertiary/aromatic N) is 3. The molecule has 4 aromatic rings. The van der Waals surface area contributed by atoms with Crippen LogP contribution in [0.5, 0.6) is 0 Å². The van der Waals surface area contributed by atoms with Gasteiger partial charge in [0.05, 0.1) is 17.0 Å². The van der Waals surface area contributed by atoms with Gasteiger partial charge in [-0.25, -0.2) is 4.98 Å². The standard InChI is InChI=1S/C27H24F3N3/c1-5-14-33-25(21-6-8-22(9-7-21)27(28,29)30)24(20-10-12-31-13-11-20)32-26(33)23-18(3)15-17(2)16-19(23)4/h5-13,15-16H,1,14H2,2-4H3. The van der Waals surface area contributed by atoms with Crippen LogP contribution in [0.1, 0.15) is 22.3 Å². The number of halogens is 3. The quantitative estimate of drug-likeness (QED) is 0.298. The predicted octanol–water partition coefficient (Wildman–Crippen LogP) is 7.41. The number of alkyl halides is 3. The van der Waals surface area contributed by atoms with Gasteiger partial charge in [0.2, 0.25) is 0 Å². The van der Waals surface area contributed by atoms with Crippen molar-refractivity contribution in [2.45, 2.75) is 33.5 Å². The maximum absolute atomic E-state index is 13.2. The predicted molar refractivity (Wildman–Crippen MR) is 126 cm³/mol. The molecule has 0 amide bonds. The lowest BCUT2D eigenvalue weighted by molar-refractivity contribution is -0.137. The summed E-state index contributed by atoms with van der Waals surface area (Å²) in [5.41, 5.74) is 6.58. The Balaban J connectivity index is 2.03. The van der Waals surface area contributed by atoms with E-state index in [0.717, 1.165) is 51.5 Å². The van der Waals surface area contributed by atoms with Crippen LogP contribution in [-0.2, 0) is 12.7 Å². The largest absolute Gasteiger partial charge is 0.416 e. The normalized spacial score (nSPS) is 11.6. The van der Waals surface area contributed by atoms with Gasteiger partial charge in [-0.3, -0.25) is 4.98 Å². The van der Waals surface area contributed by atoms with Gasteiger partial charge in [0, 0.05) is 35.6 Å². The fourth-order valence-corrected chi connectivity index (χ4v) is 4.30. The maximum Gasteiger partial charge on any atom is 0.416 e. The van der Waals surface area contributed by atoms with Crippen LogP contribution in [0.2, 0.25) is 0 Å². The number of hydrogen-bond acceptors (Lipinski definition) is 2. The number of benzene rings is 2. The molecule has 2 aromatic heterocycles. The van der Waals surface area contributed by atoms with Gasteiger partial charge in [0.15, 0.2) is 0 Å². The molecular weight excluding hydrogens is 423 g/mol. The van der Waals surface area contributed by atoms with Gasteiger partial charge in [-0.1, -0.05) is 35.9 Å². The van der Waals surface area contributed by atoms with E-state index in [0.29, 0.717) is 17.8 Å². The van der Waals surface area contributed by atoms with Crippen molar-refractivity contribution in [2.24, 2.45) is 0 Å². The van der Waals surface area contributed by atoms with Crippen molar-refractivity contribution in [1.29, 1.82) is 0 Å². The molecule has 6 heteroatoms. The van der Waals surface area contributed by atoms with Gasteiger partial charge in [-0.2, -0.15) is 13.2 Å². The van der Waals surface area contributed by atoms with Crippen molar-refractivity contribution in [2.75, 3.05) is 0 Å². The molecule has 0 saturated carbocycles. The van der Waals surface area contributed by atoms with Crippen molar-refractivity contribution >= 4 is 0 Å². The van der Waals surface area contributed by atoms with E-state index in [1.54, 1.807) is 18.5 Å². The molecule has 0 fully saturated rings. The van der Waals surface area contributed by atoms with Crippen molar-refractivity contribution < 1.29 is 13.2 Å². The van der Waals surface area contributed by atoms with E-state index in [1.165, 1.54) is 12.1 Å². The monoisotopic (exact) mass is 447 g/mol. The fraction of sp³-hybridized carbons (Fsp3) is 0.185. The lowest BCUT2D eigenvalue weighted by Gasteiger charge is -2.15. The molecule has 0 bridgehead atoms. The Morgan fingerprint density at radius 2 is 1.52 bits per heavy atom. The molecule has 0 saturated heterocycles. The number of pyridine rings is 1. The van der Waals surface area contributed by atoms with Crippen molar-refractivity contribution in [3.8, 4) is 33.9 Å². The molecule has 2 aromatic carbocycles. The van der Waals surface area contributed by atoms with E-state index >= 15 is 0 Å². The van der Waals surface area contributed by atoms with Crippen LogP contribution < -0.4 is 0 Å². The molecule has 0 radical (unpaired) electrons. The lowest BCUT2D eigenvalue weighted by atomic mass is 9.99. The van der Waals surface area contributed by atoms with Gasteiger partial charge in [-0.05, 0) is 56.2 Å². The summed E-state index contributed by atoms with van der Waals surface area (Å²) in [5.74, 6) is 0.756. The topological polar surface area (TPSA) is 30.7 Å². The number of rotatable bonds is 5. The zero-order valence-electron chi connectivity index (χ0n) is 18.7. The molecule has 0 aliphatic carbocycles. The zero-order chi connectivity index (χ0) is 23.8. The highest BCUT2D eigenvalue weighted by Crippen LogP contribution is 2.39. The molecule has 0 unspecified atom stereocenters. The highest BCUT2D eigenvalue weighted by atomic mass is 19.4. The smallest absolute Gasteiger partial charge is 0.320 e. The summed E-state index contributed by atoms with van der Waals surface area (Å²) in [4.78, 5) is 9.13. The molecule has 0 N–H and O–H groups in total. The van der Waals surface area contributed by atoms with E-state index in [-0.39, 0.29) is 0 Å². The lowest BCUT2D eigenvalue weighted by Crippen LogP contribution is -2.05. The molecule has 2 heterocycles. The van der Waals surface area contributed by atoms with Crippen molar-refractivity contribution in [3.05, 3.63) is 95.8 Å². The number of imidazole rings is 1. The highest BCUT2D eigenvalue weighted by molar-refractivity contribution is 5.83. The molecule has 3 nitrogen and oxygen atoms in total. The fourth-order valence-electron chi connectivity index (χ4n) is 4.30. The molecule has 4 rings (SSSR count). The van der Waals surface area contributed by atoms with Gasteiger partial charge < -0.3 is 4.57 Å². The summed E-state index contributed by atoms with van der Waals surface area (Å²) >= 11 is 0. The summed E-state index contributed by atoms with van der Waals surface area (Å²) in [7, 11) is 0. The molecule has 168 valence electrons. The minimum atomic E-state index is -4.39. The van der Waals surface area contributed by atoms with Crippen LogP contribution in [0.3, 0.4) is 0 Å². The summed E-state index contributed by atoms with van der Waals surface area (Å²) in [6.45, 7) is 10.5. The number of hydrogen-bond donors (Lipinski definition) is 0. The number of aryl methyl sites for hydroxylation is 3. The Morgan fingerprint density at radius 3 is 2.06 bits per heavy atom. The van der Waals surface area contributed by atoms with Crippen LogP contribution in [0.25, 0.3) is 33.9 Å². The molecule has 0 spiro atoms. The zero-order valence-corrected chi connectivity index (χ0v) is 18.7. The van der Waals surface area contributed by atoms with Gasteiger partial charge in [0.1, 0.15) is 5.82 Å². The van der Waals surface area contributed by atoms with Crippen molar-refractivity contribution in [3.63, 3.8) is 0 Å². The van der Waals surface area contributed by atoms with Gasteiger partial charge in [0.25, 0.3) is 0 Å². The second-order valence-electron chi connectivity index (χ2n) is 8.12. The first-order valence-corrected chi connectivity index (χ1v) is 10.6. The Kier molecular flexibility index (Phi) is 5.93. The summed E-state index contributed by atoms with van der Waals surface area (Å²) in [5, 5.41) is 0. The maximum atomic E-state index is 13.2. The third kappa shape index (κ3) is 4.33. The molecule has 33 heavy (non-hydrogen) atoms. The van der Waals surface area contributed by atoms with E-state index in [4.69, 9.17) is 4.98 Å². The van der Waals surface area contributed by atoms with E-state index in [1.807, 2.05) is 30.5 Å². The number of allylic oxidation sites excluding steroid dienone is 1. The first-order chi connectivity index (χ1) is 15.7. The minimum Gasteiger partial charge on any atom is -0.320 e. The Bertz CT molecular complexity index is 1280. The summed E-state index contributed by atoms with van der Waals surface area (Å²) < 4.78 is 41.6. The van der Waals surface area contributed by atoms with Crippen molar-refractivity contribution in [1.82, 2.24) is 14.5 Å². The Hall–Kier alpha value is -3.67. The minimum absolute atomic E-state index is 0.455. The second kappa shape index (κ2) is 8.70. The highest BCUT2D eigenvalue weighted by Gasteiger charge is 2.30. The first-order valence-electron chi connectivity index (χ1n) is 10.6. The van der Waals surface area contributed by atoms with Gasteiger partial charge in [-0.15, -0.1) is 6.58 Å². The summed E-state index contributed by atoms with van der Waals surface area (Å²) in [6.07, 6.45) is 0.740. The Labute approximate surface area is 191 Å². The number of aromatic nitrogens is 3. The second-order valence-corrected chi connectivity index (χ2v) is 8.12. The van der Waals surface area contributed by atoms with Crippen LogP contribution in [0, 0.1) is 20.8 Å². The van der Waals surface area contributed by atoms with Crippen LogP contribution in [-0.4, -0.2) is 14.5 Å². The SMILES string of the molecule is C=CCn1c(-c2c(C)cc(C)cc2C)nc(-c2ccncc2)c1-c1ccc(C(F)(F)F)cc1. The van der Waals surface area contributed by atoms with Crippen LogP contribution in [0.4, 0.5) is 13.2 Å². The van der Waals surface area contributed by atoms with Crippen LogP contribution >= 0.6 is 0 Å². The summed E-state index contributed by atoms with van der Waals surface area (Å²) in [6, 6.07) is 13.2. The van der Waals surface area contributed by atoms with Crippen LogP contribution in [0.15, 0.2) is 73.6 Å². The average molecular weight is 448 g/mol. The van der Waals surface area contributed by atoms with Gasteiger partial charge >= 0.3 is 6.18 Å². The molecular formula is C27H24F3N3. The molecule has 0 aliphatic heterocycles. The van der Waals surface area contributed by atoms with E-state index < -0.39 is 11.7 Å². The third-order valence-corrected chi connectivity index (χ3v) is 5.62. The first kappa shape index (κ1) is 22.5. The third-order valence-electron chi connectivity index (χ3n) is 5.62.